The number of amides is 1. The van der Waals surface area contributed by atoms with Gasteiger partial charge in [-0.1, -0.05) is 0 Å². The van der Waals surface area contributed by atoms with Gasteiger partial charge in [0.25, 0.3) is 5.91 Å². The van der Waals surface area contributed by atoms with Crippen LogP contribution in [0.4, 0.5) is 4.39 Å². The van der Waals surface area contributed by atoms with Crippen LogP contribution in [-0.4, -0.2) is 36.6 Å². The summed E-state index contributed by atoms with van der Waals surface area (Å²) >= 11 is 0. The first kappa shape index (κ1) is 17.0. The second kappa shape index (κ2) is 6.22. The molecule has 1 fully saturated rings. The van der Waals surface area contributed by atoms with Gasteiger partial charge >= 0.3 is 0 Å². The fraction of sp³-hybridized carbons (Fsp3) is 0.333. The summed E-state index contributed by atoms with van der Waals surface area (Å²) in [4.78, 5) is 24.3. The molecule has 0 saturated carbocycles. The van der Waals surface area contributed by atoms with Crippen LogP contribution in [0.5, 0.6) is 0 Å². The average Bonchev–Trinajstić information content (AvgIpc) is 3.19. The lowest BCUT2D eigenvalue weighted by Crippen LogP contribution is -2.42. The highest BCUT2D eigenvalue weighted by atomic mass is 19.1. The van der Waals surface area contributed by atoms with E-state index in [1.54, 1.807) is 16.8 Å². The zero-order chi connectivity index (χ0) is 19.4. The number of fused-ring (bicyclic) bond motifs is 4. The lowest BCUT2D eigenvalue weighted by molar-refractivity contribution is 0.0637. The molecule has 0 aliphatic carbocycles. The van der Waals surface area contributed by atoms with Gasteiger partial charge < -0.3 is 4.90 Å². The monoisotopic (exact) mass is 377 g/mol. The van der Waals surface area contributed by atoms with E-state index in [1.807, 2.05) is 31.1 Å². The molecular weight excluding hydrogens is 357 g/mol. The number of carbonyl (C=O) groups excluding carboxylic acids is 1. The smallest absolute Gasteiger partial charge is 0.275 e. The Morgan fingerprint density at radius 1 is 1.21 bits per heavy atom. The van der Waals surface area contributed by atoms with Gasteiger partial charge in [-0.05, 0) is 50.1 Å². The number of rotatable bonds is 2. The Bertz CT molecular complexity index is 1060. The maximum absolute atomic E-state index is 13.2. The Balaban J connectivity index is 1.48. The van der Waals surface area contributed by atoms with E-state index in [2.05, 4.69) is 10.1 Å². The molecule has 1 saturated heterocycles. The van der Waals surface area contributed by atoms with Gasteiger partial charge in [0.2, 0.25) is 0 Å². The van der Waals surface area contributed by atoms with Crippen LogP contribution in [0.15, 0.2) is 36.5 Å². The molecule has 2 aromatic heterocycles. The minimum absolute atomic E-state index is 0.00849. The Morgan fingerprint density at radius 3 is 2.71 bits per heavy atom. The van der Waals surface area contributed by atoms with Crippen molar-refractivity contribution in [1.82, 2.24) is 24.6 Å². The van der Waals surface area contributed by atoms with Crippen molar-refractivity contribution in [3.8, 4) is 11.4 Å². The third kappa shape index (κ3) is 2.61. The highest BCUT2D eigenvalue weighted by Crippen LogP contribution is 2.43. The molecule has 2 atom stereocenters. The topological polar surface area (TPSA) is 63.9 Å². The second-order valence-corrected chi connectivity index (χ2v) is 7.56. The van der Waals surface area contributed by atoms with Gasteiger partial charge in [0.1, 0.15) is 5.82 Å². The van der Waals surface area contributed by atoms with Crippen molar-refractivity contribution in [1.29, 1.82) is 0 Å². The van der Waals surface area contributed by atoms with E-state index >= 15 is 0 Å². The largest absolute Gasteiger partial charge is 0.327 e. The molecule has 0 spiro atoms. The van der Waals surface area contributed by atoms with Gasteiger partial charge in [-0.15, -0.1) is 0 Å². The number of hydrogen-bond acceptors (Lipinski definition) is 4. The predicted molar refractivity (Wildman–Crippen MR) is 101 cm³/mol. The van der Waals surface area contributed by atoms with Crippen molar-refractivity contribution in [2.24, 2.45) is 7.05 Å². The van der Waals surface area contributed by atoms with Crippen LogP contribution < -0.4 is 0 Å². The third-order valence-electron chi connectivity index (χ3n) is 5.86. The summed E-state index contributed by atoms with van der Waals surface area (Å²) in [6.07, 6.45) is 4.40. The summed E-state index contributed by atoms with van der Waals surface area (Å²) in [6, 6.07) is 8.16. The number of carbonyl (C=O) groups is 1. The van der Waals surface area contributed by atoms with Crippen LogP contribution >= 0.6 is 0 Å². The number of nitrogens with zero attached hydrogens (tertiary/aromatic N) is 5. The highest BCUT2D eigenvalue weighted by Gasteiger charge is 2.44. The Kier molecular flexibility index (Phi) is 3.79. The summed E-state index contributed by atoms with van der Waals surface area (Å²) in [5.41, 5.74) is 4.24. The maximum Gasteiger partial charge on any atom is 0.275 e. The van der Waals surface area contributed by atoms with Crippen molar-refractivity contribution in [2.45, 2.75) is 38.3 Å². The molecule has 2 aliphatic rings. The summed E-state index contributed by atoms with van der Waals surface area (Å²) in [6.45, 7) is 1.94. The average molecular weight is 377 g/mol. The molecule has 1 amide bonds. The van der Waals surface area contributed by atoms with Crippen LogP contribution in [0.3, 0.4) is 0 Å². The molecular formula is C21H20FN5O. The third-order valence-corrected chi connectivity index (χ3v) is 5.86. The van der Waals surface area contributed by atoms with Crippen LogP contribution in [-0.2, 0) is 13.5 Å². The molecule has 4 heterocycles. The molecule has 1 aromatic carbocycles. The molecule has 0 unspecified atom stereocenters. The summed E-state index contributed by atoms with van der Waals surface area (Å²) < 4.78 is 14.9. The fourth-order valence-electron chi connectivity index (χ4n) is 4.32. The quantitative estimate of drug-likeness (QED) is 0.688. The van der Waals surface area contributed by atoms with Crippen LogP contribution in [0, 0.1) is 12.7 Å². The summed E-state index contributed by atoms with van der Waals surface area (Å²) in [5, 5.41) is 4.36. The van der Waals surface area contributed by atoms with E-state index in [9.17, 15) is 9.18 Å². The normalized spacial score (nSPS) is 20.3. The van der Waals surface area contributed by atoms with Crippen molar-refractivity contribution in [2.75, 3.05) is 0 Å². The fourth-order valence-corrected chi connectivity index (χ4v) is 4.32. The molecule has 6 nitrogen and oxygen atoms in total. The van der Waals surface area contributed by atoms with E-state index in [1.165, 1.54) is 12.1 Å². The van der Waals surface area contributed by atoms with Crippen molar-refractivity contribution < 1.29 is 9.18 Å². The minimum atomic E-state index is -0.279. The standard InChI is InChI=1S/C21H20FN5O/c1-12-9-18(25-26(12)2)21(28)27-15-7-8-19(27)16-11-23-20(24-17(16)10-15)13-3-5-14(22)6-4-13/h3-6,9,11,15,19H,7-8,10H2,1-2H3/t15-,19+/m0/s1. The van der Waals surface area contributed by atoms with Gasteiger partial charge in [0.05, 0.1) is 11.7 Å². The number of aromatic nitrogens is 4. The van der Waals surface area contributed by atoms with Gasteiger partial charge in [-0.25, -0.2) is 14.4 Å². The Morgan fingerprint density at radius 2 is 2.00 bits per heavy atom. The lowest BCUT2D eigenvalue weighted by atomic mass is 9.98. The molecule has 0 radical (unpaired) electrons. The molecule has 28 heavy (non-hydrogen) atoms. The first-order valence-electron chi connectivity index (χ1n) is 9.46. The summed E-state index contributed by atoms with van der Waals surface area (Å²) in [5.74, 6) is 0.293. The molecule has 0 N–H and O–H groups in total. The van der Waals surface area contributed by atoms with Crippen molar-refractivity contribution in [3.63, 3.8) is 0 Å². The molecule has 3 aromatic rings. The van der Waals surface area contributed by atoms with Gasteiger partial charge in [0, 0.05) is 42.5 Å². The first-order chi connectivity index (χ1) is 13.5. The highest BCUT2D eigenvalue weighted by molar-refractivity contribution is 5.93. The van der Waals surface area contributed by atoms with Crippen LogP contribution in [0.25, 0.3) is 11.4 Å². The van der Waals surface area contributed by atoms with E-state index in [0.29, 0.717) is 17.9 Å². The van der Waals surface area contributed by atoms with Crippen LogP contribution in [0.1, 0.15) is 46.3 Å². The van der Waals surface area contributed by atoms with Gasteiger partial charge in [-0.2, -0.15) is 5.10 Å². The Labute approximate surface area is 162 Å². The second-order valence-electron chi connectivity index (χ2n) is 7.56. The van der Waals surface area contributed by atoms with Crippen molar-refractivity contribution in [3.05, 3.63) is 65.0 Å². The van der Waals surface area contributed by atoms with Crippen LogP contribution in [0.2, 0.25) is 0 Å². The van der Waals surface area contributed by atoms with Gasteiger partial charge in [0.15, 0.2) is 11.5 Å². The predicted octanol–water partition coefficient (Wildman–Crippen LogP) is 3.23. The van der Waals surface area contributed by atoms with Crippen molar-refractivity contribution >= 4 is 5.91 Å². The molecule has 142 valence electrons. The molecule has 2 aliphatic heterocycles. The molecule has 2 bridgehead atoms. The first-order valence-corrected chi connectivity index (χ1v) is 9.46. The number of aryl methyl sites for hydroxylation is 2. The van der Waals surface area contributed by atoms with E-state index < -0.39 is 0 Å². The lowest BCUT2D eigenvalue weighted by Gasteiger charge is -2.35. The van der Waals surface area contributed by atoms with E-state index in [-0.39, 0.29) is 23.8 Å². The maximum atomic E-state index is 13.2. The van der Waals surface area contributed by atoms with E-state index in [0.717, 1.165) is 35.4 Å². The number of benzene rings is 1. The molecule has 5 rings (SSSR count). The number of halogens is 1. The minimum Gasteiger partial charge on any atom is -0.327 e. The van der Waals surface area contributed by atoms with E-state index in [4.69, 9.17) is 4.98 Å². The number of hydrogen-bond donors (Lipinski definition) is 0. The Hall–Kier alpha value is -3.09. The zero-order valence-electron chi connectivity index (χ0n) is 15.8. The summed E-state index contributed by atoms with van der Waals surface area (Å²) in [7, 11) is 1.84. The SMILES string of the molecule is Cc1cc(C(=O)N2[C@H]3CC[C@@H]2c2cnc(-c4ccc(F)cc4)nc2C3)nn1C. The molecule has 7 heteroatoms. The zero-order valence-corrected chi connectivity index (χ0v) is 15.8. The van der Waals surface area contributed by atoms with Gasteiger partial charge in [-0.3, -0.25) is 9.48 Å².